The molecule has 0 radical (unpaired) electrons. The molecule has 0 saturated carbocycles. The summed E-state index contributed by atoms with van der Waals surface area (Å²) in [4.78, 5) is 4.54. The van der Waals surface area contributed by atoms with Crippen molar-refractivity contribution in [2.24, 2.45) is 12.0 Å². The van der Waals surface area contributed by atoms with Gasteiger partial charge in [-0.25, -0.2) is 4.99 Å². The normalized spacial score (nSPS) is 13.6. The summed E-state index contributed by atoms with van der Waals surface area (Å²) >= 11 is 0. The Morgan fingerprint density at radius 1 is 1.19 bits per heavy atom. The highest BCUT2D eigenvalue weighted by atomic mass is 127. The van der Waals surface area contributed by atoms with Crippen molar-refractivity contribution in [3.8, 4) is 0 Å². The molecule has 150 valence electrons. The van der Waals surface area contributed by atoms with Crippen LogP contribution in [-0.4, -0.2) is 40.5 Å². The topological polar surface area (TPSA) is 74.5 Å². The van der Waals surface area contributed by atoms with Crippen molar-refractivity contribution in [1.29, 1.82) is 0 Å². The minimum atomic E-state index is -1.05. The number of hydrogen-bond donors (Lipinski definition) is 3. The van der Waals surface area contributed by atoms with Gasteiger partial charge in [-0.15, -0.1) is 24.0 Å². The van der Waals surface area contributed by atoms with Gasteiger partial charge < -0.3 is 15.7 Å². The van der Waals surface area contributed by atoms with Crippen molar-refractivity contribution in [2.45, 2.75) is 39.2 Å². The van der Waals surface area contributed by atoms with Gasteiger partial charge in [0, 0.05) is 31.9 Å². The summed E-state index contributed by atoms with van der Waals surface area (Å²) in [5, 5.41) is 21.3. The molecule has 2 rings (SSSR count). The van der Waals surface area contributed by atoms with Crippen molar-refractivity contribution in [3.63, 3.8) is 0 Å². The van der Waals surface area contributed by atoms with Crippen LogP contribution in [0, 0.1) is 0 Å². The summed E-state index contributed by atoms with van der Waals surface area (Å²) in [6.07, 6.45) is 5.48. The fourth-order valence-corrected chi connectivity index (χ4v) is 2.63. The van der Waals surface area contributed by atoms with Gasteiger partial charge in [-0.3, -0.25) is 4.68 Å². The van der Waals surface area contributed by atoms with Gasteiger partial charge in [-0.05, 0) is 37.8 Å². The lowest BCUT2D eigenvalue weighted by atomic mass is 10.0. The highest BCUT2D eigenvalue weighted by molar-refractivity contribution is 14.0. The molecule has 0 spiro atoms. The van der Waals surface area contributed by atoms with E-state index in [2.05, 4.69) is 51.9 Å². The molecule has 1 aromatic heterocycles. The van der Waals surface area contributed by atoms with Gasteiger partial charge in [-0.2, -0.15) is 5.10 Å². The zero-order valence-electron chi connectivity index (χ0n) is 16.7. The number of benzene rings is 1. The van der Waals surface area contributed by atoms with Gasteiger partial charge in [-0.1, -0.05) is 31.2 Å². The molecule has 7 heteroatoms. The van der Waals surface area contributed by atoms with E-state index in [9.17, 15) is 5.11 Å². The second kappa shape index (κ2) is 11.3. The van der Waals surface area contributed by atoms with E-state index in [1.54, 1.807) is 17.8 Å². The van der Waals surface area contributed by atoms with Crippen molar-refractivity contribution in [2.75, 3.05) is 19.6 Å². The number of aromatic nitrogens is 2. The molecular formula is C20H32IN5O. The predicted molar refractivity (Wildman–Crippen MR) is 122 cm³/mol. The first-order chi connectivity index (χ1) is 12.4. The van der Waals surface area contributed by atoms with Crippen LogP contribution in [0.15, 0.2) is 41.7 Å². The van der Waals surface area contributed by atoms with Gasteiger partial charge in [0.25, 0.3) is 0 Å². The fourth-order valence-electron chi connectivity index (χ4n) is 2.63. The molecule has 0 aliphatic heterocycles. The number of halogens is 1. The molecule has 0 bridgehead atoms. The van der Waals surface area contributed by atoms with Crippen LogP contribution in [-0.2, 0) is 25.5 Å². The standard InChI is InChI=1S/C20H31N5O.HI/c1-5-16-7-9-17(10-8-16)11-12-22-19(21-6-2)23-15-20(3,26)18-13-24-25(4)14-18;/h7-10,13-14,26H,5-6,11-12,15H2,1-4H3,(H2,21,22,23);1H. The lowest BCUT2D eigenvalue weighted by Gasteiger charge is -2.20. The molecule has 1 aromatic carbocycles. The molecule has 27 heavy (non-hydrogen) atoms. The summed E-state index contributed by atoms with van der Waals surface area (Å²) in [5.41, 5.74) is 2.37. The molecule has 0 aliphatic carbocycles. The molecule has 0 fully saturated rings. The lowest BCUT2D eigenvalue weighted by molar-refractivity contribution is 0.0672. The van der Waals surface area contributed by atoms with E-state index in [0.717, 1.165) is 31.5 Å². The van der Waals surface area contributed by atoms with Crippen LogP contribution in [0.3, 0.4) is 0 Å². The largest absolute Gasteiger partial charge is 0.383 e. The Morgan fingerprint density at radius 3 is 2.41 bits per heavy atom. The zero-order valence-corrected chi connectivity index (χ0v) is 19.0. The van der Waals surface area contributed by atoms with Crippen LogP contribution in [0.1, 0.15) is 37.5 Å². The van der Waals surface area contributed by atoms with E-state index in [-0.39, 0.29) is 30.5 Å². The summed E-state index contributed by atoms with van der Waals surface area (Å²) in [7, 11) is 1.83. The van der Waals surface area contributed by atoms with Crippen molar-refractivity contribution in [1.82, 2.24) is 20.4 Å². The fraction of sp³-hybridized carbons (Fsp3) is 0.500. The molecular weight excluding hydrogens is 453 g/mol. The SMILES string of the molecule is CCNC(=NCC(C)(O)c1cnn(C)c1)NCCc1ccc(CC)cc1.I. The van der Waals surface area contributed by atoms with Crippen LogP contribution in [0.4, 0.5) is 0 Å². The lowest BCUT2D eigenvalue weighted by Crippen LogP contribution is -2.39. The van der Waals surface area contributed by atoms with E-state index in [1.807, 2.05) is 20.2 Å². The van der Waals surface area contributed by atoms with E-state index in [4.69, 9.17) is 0 Å². The number of aryl methyl sites for hydroxylation is 2. The first-order valence-electron chi connectivity index (χ1n) is 9.26. The number of nitrogens with zero attached hydrogens (tertiary/aromatic N) is 3. The molecule has 1 atom stereocenters. The quantitative estimate of drug-likeness (QED) is 0.306. The van der Waals surface area contributed by atoms with Gasteiger partial charge >= 0.3 is 0 Å². The first kappa shape index (κ1) is 23.4. The Kier molecular flexibility index (Phi) is 9.79. The third-order valence-corrected chi connectivity index (χ3v) is 4.35. The first-order valence-corrected chi connectivity index (χ1v) is 9.26. The number of aliphatic imine (C=N–C) groups is 1. The maximum atomic E-state index is 10.7. The van der Waals surface area contributed by atoms with Crippen LogP contribution in [0.2, 0.25) is 0 Å². The number of rotatable bonds is 8. The minimum absolute atomic E-state index is 0. The van der Waals surface area contributed by atoms with E-state index >= 15 is 0 Å². The second-order valence-electron chi connectivity index (χ2n) is 6.72. The average molecular weight is 485 g/mol. The second-order valence-corrected chi connectivity index (χ2v) is 6.72. The van der Waals surface area contributed by atoms with Gasteiger partial charge in [0.05, 0.1) is 12.7 Å². The van der Waals surface area contributed by atoms with Gasteiger partial charge in [0.1, 0.15) is 5.60 Å². The van der Waals surface area contributed by atoms with Crippen molar-refractivity contribution < 1.29 is 5.11 Å². The van der Waals surface area contributed by atoms with Crippen LogP contribution < -0.4 is 10.6 Å². The van der Waals surface area contributed by atoms with E-state index in [0.29, 0.717) is 5.96 Å². The molecule has 3 N–H and O–H groups in total. The third kappa shape index (κ3) is 7.50. The molecule has 6 nitrogen and oxygen atoms in total. The summed E-state index contributed by atoms with van der Waals surface area (Å²) < 4.78 is 1.68. The Balaban J connectivity index is 0.00000364. The minimum Gasteiger partial charge on any atom is -0.383 e. The van der Waals surface area contributed by atoms with Crippen molar-refractivity contribution in [3.05, 3.63) is 53.3 Å². The zero-order chi connectivity index (χ0) is 19.0. The predicted octanol–water partition coefficient (Wildman–Crippen LogP) is 2.61. The Bertz CT molecular complexity index is 709. The Morgan fingerprint density at radius 2 is 1.85 bits per heavy atom. The maximum Gasteiger partial charge on any atom is 0.191 e. The van der Waals surface area contributed by atoms with E-state index < -0.39 is 5.60 Å². The molecule has 0 aliphatic rings. The third-order valence-electron chi connectivity index (χ3n) is 4.35. The molecule has 0 saturated heterocycles. The molecule has 1 heterocycles. The van der Waals surface area contributed by atoms with Crippen molar-refractivity contribution >= 4 is 29.9 Å². The molecule has 2 aromatic rings. The molecule has 1 unspecified atom stereocenters. The summed E-state index contributed by atoms with van der Waals surface area (Å²) in [5.74, 6) is 0.710. The maximum absolute atomic E-state index is 10.7. The monoisotopic (exact) mass is 485 g/mol. The summed E-state index contributed by atoms with van der Waals surface area (Å²) in [6, 6.07) is 8.72. The van der Waals surface area contributed by atoms with Crippen LogP contribution in [0.5, 0.6) is 0 Å². The number of guanidine groups is 1. The number of nitrogens with one attached hydrogen (secondary N) is 2. The van der Waals surface area contributed by atoms with Gasteiger partial charge in [0.15, 0.2) is 5.96 Å². The average Bonchev–Trinajstić information content (AvgIpc) is 3.08. The van der Waals surface area contributed by atoms with Crippen LogP contribution in [0.25, 0.3) is 0 Å². The smallest absolute Gasteiger partial charge is 0.191 e. The van der Waals surface area contributed by atoms with E-state index in [1.165, 1.54) is 11.1 Å². The Hall–Kier alpha value is -1.61. The summed E-state index contributed by atoms with van der Waals surface area (Å²) in [6.45, 7) is 7.76. The number of aliphatic hydroxyl groups is 1. The molecule has 0 amide bonds. The number of hydrogen-bond acceptors (Lipinski definition) is 3. The van der Waals surface area contributed by atoms with Gasteiger partial charge in [0.2, 0.25) is 0 Å². The Labute approximate surface area is 179 Å². The highest BCUT2D eigenvalue weighted by Gasteiger charge is 2.24. The van der Waals surface area contributed by atoms with Crippen LogP contribution >= 0.6 is 24.0 Å². The highest BCUT2D eigenvalue weighted by Crippen LogP contribution is 2.19.